The van der Waals surface area contributed by atoms with E-state index in [4.69, 9.17) is 10.6 Å². The van der Waals surface area contributed by atoms with Gasteiger partial charge in [-0.1, -0.05) is 0 Å². The second kappa shape index (κ2) is 4.99. The van der Waals surface area contributed by atoms with Gasteiger partial charge in [0.1, 0.15) is 11.6 Å². The molecule has 0 radical (unpaired) electrons. The zero-order valence-corrected chi connectivity index (χ0v) is 7.97. The van der Waals surface area contributed by atoms with E-state index in [2.05, 4.69) is 4.84 Å². The average Bonchev–Trinajstić information content (AvgIpc) is 2.17. The van der Waals surface area contributed by atoms with Crippen molar-refractivity contribution >= 4 is 0 Å². The number of hydrogen-bond acceptors (Lipinski definition) is 3. The van der Waals surface area contributed by atoms with E-state index in [0.29, 0.717) is 0 Å². The Kier molecular flexibility index (Phi) is 3.93. The van der Waals surface area contributed by atoms with Crippen molar-refractivity contribution in [3.05, 3.63) is 29.1 Å². The van der Waals surface area contributed by atoms with Crippen LogP contribution >= 0.6 is 0 Å². The first-order valence-corrected chi connectivity index (χ1v) is 4.06. The van der Waals surface area contributed by atoms with Gasteiger partial charge < -0.3 is 4.74 Å². The minimum absolute atomic E-state index is 0.100. The first kappa shape index (κ1) is 11.8. The van der Waals surface area contributed by atoms with Gasteiger partial charge in [-0.3, -0.25) is 4.84 Å². The molecule has 1 aromatic rings. The minimum Gasteiger partial charge on any atom is -0.496 e. The van der Waals surface area contributed by atoms with Crippen LogP contribution in [0.2, 0.25) is 0 Å². The van der Waals surface area contributed by atoms with E-state index in [1.165, 1.54) is 7.11 Å². The molecule has 3 nitrogen and oxygen atoms in total. The van der Waals surface area contributed by atoms with Gasteiger partial charge in [0.25, 0.3) is 6.43 Å². The highest BCUT2D eigenvalue weighted by Gasteiger charge is 2.19. The molecule has 1 rings (SSSR count). The fourth-order valence-corrected chi connectivity index (χ4v) is 1.28. The van der Waals surface area contributed by atoms with Crippen LogP contribution in [0.3, 0.4) is 0 Å². The molecular formula is C9H10F3NO2. The van der Waals surface area contributed by atoms with Crippen molar-refractivity contribution in [1.82, 2.24) is 0 Å². The molecule has 6 heteroatoms. The first-order valence-electron chi connectivity index (χ1n) is 4.06. The lowest BCUT2D eigenvalue weighted by Gasteiger charge is -2.12. The van der Waals surface area contributed by atoms with Crippen LogP contribution in [-0.2, 0) is 11.4 Å². The molecule has 0 heterocycles. The molecule has 0 aliphatic rings. The first-order chi connectivity index (χ1) is 7.10. The summed E-state index contributed by atoms with van der Waals surface area (Å²) in [5.41, 5.74) is -0.361. The zero-order valence-electron chi connectivity index (χ0n) is 7.97. The molecule has 0 fully saturated rings. The second-order valence-corrected chi connectivity index (χ2v) is 2.80. The molecular weight excluding hydrogens is 211 g/mol. The Morgan fingerprint density at radius 3 is 2.53 bits per heavy atom. The van der Waals surface area contributed by atoms with Crippen LogP contribution in [-0.4, -0.2) is 7.11 Å². The van der Waals surface area contributed by atoms with Gasteiger partial charge in [-0.15, -0.1) is 0 Å². The summed E-state index contributed by atoms with van der Waals surface area (Å²) in [4.78, 5) is 4.27. The highest BCUT2D eigenvalue weighted by atomic mass is 19.3. The molecule has 0 atom stereocenters. The van der Waals surface area contributed by atoms with Crippen molar-refractivity contribution in [1.29, 1.82) is 0 Å². The van der Waals surface area contributed by atoms with Gasteiger partial charge in [0.2, 0.25) is 0 Å². The maximum atomic E-state index is 12.9. The summed E-state index contributed by atoms with van der Waals surface area (Å²) in [5, 5.41) is 0. The van der Waals surface area contributed by atoms with Crippen molar-refractivity contribution < 1.29 is 22.7 Å². The number of alkyl halides is 2. The summed E-state index contributed by atoms with van der Waals surface area (Å²) in [6, 6.07) is 1.76. The SMILES string of the molecule is COc1c(CON)cc(F)cc1C(F)F. The fourth-order valence-electron chi connectivity index (χ4n) is 1.28. The van der Waals surface area contributed by atoms with Crippen LogP contribution < -0.4 is 10.6 Å². The third-order valence-corrected chi connectivity index (χ3v) is 1.84. The Bertz CT molecular complexity index is 344. The summed E-state index contributed by atoms with van der Waals surface area (Å²) in [7, 11) is 1.22. The Hall–Kier alpha value is -1.27. The quantitative estimate of drug-likeness (QED) is 0.792. The summed E-state index contributed by atoms with van der Waals surface area (Å²) in [5.74, 6) is 3.92. The molecule has 84 valence electrons. The molecule has 0 bridgehead atoms. The van der Waals surface area contributed by atoms with Crippen molar-refractivity contribution in [2.75, 3.05) is 7.11 Å². The Morgan fingerprint density at radius 2 is 2.07 bits per heavy atom. The number of halogens is 3. The molecule has 15 heavy (non-hydrogen) atoms. The van der Waals surface area contributed by atoms with E-state index in [9.17, 15) is 13.2 Å². The summed E-state index contributed by atoms with van der Waals surface area (Å²) in [6.07, 6.45) is -2.81. The predicted octanol–water partition coefficient (Wildman–Crippen LogP) is 2.16. The van der Waals surface area contributed by atoms with Gasteiger partial charge in [0.15, 0.2) is 0 Å². The number of nitrogens with two attached hydrogens (primary N) is 1. The highest BCUT2D eigenvalue weighted by Crippen LogP contribution is 2.33. The van der Waals surface area contributed by atoms with E-state index in [1.54, 1.807) is 0 Å². The van der Waals surface area contributed by atoms with Crippen LogP contribution in [0.4, 0.5) is 13.2 Å². The van der Waals surface area contributed by atoms with Crippen molar-refractivity contribution in [2.24, 2.45) is 5.90 Å². The third kappa shape index (κ3) is 2.60. The van der Waals surface area contributed by atoms with E-state index >= 15 is 0 Å². The van der Waals surface area contributed by atoms with Gasteiger partial charge >= 0.3 is 0 Å². The molecule has 0 aliphatic carbocycles. The monoisotopic (exact) mass is 221 g/mol. The molecule has 0 saturated carbocycles. The molecule has 0 aromatic heterocycles. The van der Waals surface area contributed by atoms with E-state index in [1.807, 2.05) is 0 Å². The molecule has 1 aromatic carbocycles. The zero-order chi connectivity index (χ0) is 11.4. The molecule has 0 amide bonds. The van der Waals surface area contributed by atoms with E-state index in [0.717, 1.165) is 12.1 Å². The smallest absolute Gasteiger partial charge is 0.267 e. The molecule has 2 N–H and O–H groups in total. The van der Waals surface area contributed by atoms with Crippen LogP contribution in [0.1, 0.15) is 17.6 Å². The Labute approximate surface area is 84.5 Å². The lowest BCUT2D eigenvalue weighted by molar-refractivity contribution is 0.119. The highest BCUT2D eigenvalue weighted by molar-refractivity contribution is 5.42. The maximum absolute atomic E-state index is 12.9. The van der Waals surface area contributed by atoms with Crippen molar-refractivity contribution in [2.45, 2.75) is 13.0 Å². The number of methoxy groups -OCH3 is 1. The normalized spacial score (nSPS) is 10.8. The summed E-state index contributed by atoms with van der Waals surface area (Å²) in [6.45, 7) is -0.194. The number of ether oxygens (including phenoxy) is 1. The molecule has 0 aliphatic heterocycles. The largest absolute Gasteiger partial charge is 0.496 e. The van der Waals surface area contributed by atoms with Crippen LogP contribution in [0.15, 0.2) is 12.1 Å². The van der Waals surface area contributed by atoms with Crippen molar-refractivity contribution in [3.63, 3.8) is 0 Å². The van der Waals surface area contributed by atoms with Crippen molar-refractivity contribution in [3.8, 4) is 5.75 Å². The predicted molar refractivity (Wildman–Crippen MR) is 46.9 cm³/mol. The number of hydrogen-bond donors (Lipinski definition) is 1. The van der Waals surface area contributed by atoms with Gasteiger partial charge in [-0.25, -0.2) is 19.1 Å². The topological polar surface area (TPSA) is 44.5 Å². The standard InChI is InChI=1S/C9H10F3NO2/c1-14-8-5(4-15-13)2-6(10)3-7(8)9(11)12/h2-3,9H,4,13H2,1H3. The third-order valence-electron chi connectivity index (χ3n) is 1.84. The number of rotatable bonds is 4. The van der Waals surface area contributed by atoms with Crippen LogP contribution in [0.5, 0.6) is 5.75 Å². The molecule has 0 saturated heterocycles. The van der Waals surface area contributed by atoms with E-state index in [-0.39, 0.29) is 17.9 Å². The second-order valence-electron chi connectivity index (χ2n) is 2.80. The average molecular weight is 221 g/mol. The number of benzene rings is 1. The van der Waals surface area contributed by atoms with Crippen LogP contribution in [0.25, 0.3) is 0 Å². The van der Waals surface area contributed by atoms with Gasteiger partial charge in [0.05, 0.1) is 19.3 Å². The molecule has 0 spiro atoms. The molecule has 0 unspecified atom stereocenters. The maximum Gasteiger partial charge on any atom is 0.267 e. The lowest BCUT2D eigenvalue weighted by atomic mass is 10.1. The lowest BCUT2D eigenvalue weighted by Crippen LogP contribution is -2.04. The van der Waals surface area contributed by atoms with Crippen LogP contribution in [0, 0.1) is 5.82 Å². The summed E-state index contributed by atoms with van der Waals surface area (Å²) < 4.78 is 42.7. The Morgan fingerprint density at radius 1 is 1.40 bits per heavy atom. The summed E-state index contributed by atoms with van der Waals surface area (Å²) >= 11 is 0. The van der Waals surface area contributed by atoms with Gasteiger partial charge in [-0.05, 0) is 12.1 Å². The minimum atomic E-state index is -2.81. The van der Waals surface area contributed by atoms with Gasteiger partial charge in [0, 0.05) is 5.56 Å². The Balaban J connectivity index is 3.25. The fraction of sp³-hybridized carbons (Fsp3) is 0.333. The van der Waals surface area contributed by atoms with Gasteiger partial charge in [-0.2, -0.15) is 0 Å². The van der Waals surface area contributed by atoms with E-state index < -0.39 is 17.8 Å².